The van der Waals surface area contributed by atoms with Gasteiger partial charge in [-0.3, -0.25) is 4.90 Å². The number of nitrogens with one attached hydrogen (secondary N) is 1. The first-order valence-corrected chi connectivity index (χ1v) is 8.32. The zero-order valence-corrected chi connectivity index (χ0v) is 13.9. The van der Waals surface area contributed by atoms with E-state index in [0.717, 1.165) is 23.9 Å². The molecule has 2 aliphatic rings. The molecule has 0 amide bonds. The second-order valence-electron chi connectivity index (χ2n) is 8.16. The fourth-order valence-electron chi connectivity index (χ4n) is 4.16. The molecule has 2 fully saturated rings. The van der Waals surface area contributed by atoms with Crippen LogP contribution in [0.4, 0.5) is 0 Å². The summed E-state index contributed by atoms with van der Waals surface area (Å²) < 4.78 is 0. The highest BCUT2D eigenvalue weighted by Gasteiger charge is 2.43. The average Bonchev–Trinajstić information content (AvgIpc) is 2.67. The highest BCUT2D eigenvalue weighted by molar-refractivity contribution is 4.99. The first-order valence-electron chi connectivity index (χ1n) is 8.32. The van der Waals surface area contributed by atoms with Gasteiger partial charge in [-0.1, -0.05) is 48.0 Å². The highest BCUT2D eigenvalue weighted by atomic mass is 15.3. The lowest BCUT2D eigenvalue weighted by Gasteiger charge is -2.50. The Labute approximate surface area is 120 Å². The van der Waals surface area contributed by atoms with Gasteiger partial charge in [0.2, 0.25) is 0 Å². The van der Waals surface area contributed by atoms with E-state index in [9.17, 15) is 0 Å². The summed E-state index contributed by atoms with van der Waals surface area (Å²) in [5, 5.41) is 3.79. The fourth-order valence-corrected chi connectivity index (χ4v) is 4.16. The second-order valence-corrected chi connectivity index (χ2v) is 8.16. The van der Waals surface area contributed by atoms with E-state index in [0.29, 0.717) is 11.5 Å². The molecule has 0 aromatic heterocycles. The van der Waals surface area contributed by atoms with Gasteiger partial charge in [-0.05, 0) is 30.1 Å². The third kappa shape index (κ3) is 3.16. The Morgan fingerprint density at radius 2 is 1.79 bits per heavy atom. The van der Waals surface area contributed by atoms with Crippen molar-refractivity contribution in [3.63, 3.8) is 0 Å². The van der Waals surface area contributed by atoms with Crippen LogP contribution in [0.3, 0.4) is 0 Å². The molecule has 0 aromatic carbocycles. The van der Waals surface area contributed by atoms with E-state index < -0.39 is 0 Å². The van der Waals surface area contributed by atoms with Crippen molar-refractivity contribution in [1.82, 2.24) is 10.2 Å². The maximum Gasteiger partial charge on any atom is 0.0247 e. The van der Waals surface area contributed by atoms with E-state index in [1.165, 1.54) is 32.4 Å². The molecule has 1 saturated heterocycles. The predicted octanol–water partition coefficient (Wildman–Crippen LogP) is 3.52. The third-order valence-corrected chi connectivity index (χ3v) is 5.60. The molecule has 0 radical (unpaired) electrons. The standard InChI is InChI=1S/C17H34N2/c1-12(2)14-11-19(15(10-18-14)13(3)4)16-8-7-9-17(16,5)6/h12-16,18H,7-11H2,1-6H3. The van der Waals surface area contributed by atoms with Crippen LogP contribution in [0.1, 0.15) is 60.8 Å². The number of piperazine rings is 1. The smallest absolute Gasteiger partial charge is 0.0247 e. The second kappa shape index (κ2) is 5.73. The van der Waals surface area contributed by atoms with Gasteiger partial charge in [0, 0.05) is 31.2 Å². The summed E-state index contributed by atoms with van der Waals surface area (Å²) >= 11 is 0. The Morgan fingerprint density at radius 3 is 2.26 bits per heavy atom. The molecule has 2 heteroatoms. The van der Waals surface area contributed by atoms with Crippen LogP contribution in [-0.2, 0) is 0 Å². The molecule has 3 unspecified atom stereocenters. The minimum Gasteiger partial charge on any atom is -0.311 e. The van der Waals surface area contributed by atoms with Crippen molar-refractivity contribution in [2.45, 2.75) is 78.9 Å². The van der Waals surface area contributed by atoms with Crippen LogP contribution < -0.4 is 5.32 Å². The Kier molecular flexibility index (Phi) is 4.62. The number of hydrogen-bond donors (Lipinski definition) is 1. The van der Waals surface area contributed by atoms with Gasteiger partial charge >= 0.3 is 0 Å². The molecule has 1 aliphatic carbocycles. The van der Waals surface area contributed by atoms with Gasteiger partial charge in [0.25, 0.3) is 0 Å². The maximum absolute atomic E-state index is 3.79. The first kappa shape index (κ1) is 15.3. The van der Waals surface area contributed by atoms with Crippen molar-refractivity contribution in [3.8, 4) is 0 Å². The molecule has 1 N–H and O–H groups in total. The van der Waals surface area contributed by atoms with Gasteiger partial charge in [0.1, 0.15) is 0 Å². The molecule has 3 atom stereocenters. The van der Waals surface area contributed by atoms with Crippen LogP contribution in [0.25, 0.3) is 0 Å². The molecule has 1 heterocycles. The van der Waals surface area contributed by atoms with E-state index >= 15 is 0 Å². The van der Waals surface area contributed by atoms with E-state index in [1.54, 1.807) is 0 Å². The molecule has 2 nitrogen and oxygen atoms in total. The quantitative estimate of drug-likeness (QED) is 0.841. The summed E-state index contributed by atoms with van der Waals surface area (Å²) in [6.07, 6.45) is 4.22. The maximum atomic E-state index is 3.79. The van der Waals surface area contributed by atoms with Gasteiger partial charge in [-0.15, -0.1) is 0 Å². The lowest BCUT2D eigenvalue weighted by atomic mass is 9.83. The summed E-state index contributed by atoms with van der Waals surface area (Å²) in [4.78, 5) is 2.87. The van der Waals surface area contributed by atoms with Gasteiger partial charge in [-0.2, -0.15) is 0 Å². The van der Waals surface area contributed by atoms with Gasteiger partial charge in [-0.25, -0.2) is 0 Å². The summed E-state index contributed by atoms with van der Waals surface area (Å²) in [5.41, 5.74) is 0.506. The zero-order chi connectivity index (χ0) is 14.2. The van der Waals surface area contributed by atoms with E-state index in [1.807, 2.05) is 0 Å². The molecule has 112 valence electrons. The van der Waals surface area contributed by atoms with E-state index in [2.05, 4.69) is 51.8 Å². The van der Waals surface area contributed by atoms with Crippen molar-refractivity contribution >= 4 is 0 Å². The summed E-state index contributed by atoms with van der Waals surface area (Å²) in [7, 11) is 0. The normalized spacial score (nSPS) is 36.3. The minimum atomic E-state index is 0.506. The monoisotopic (exact) mass is 266 g/mol. The Hall–Kier alpha value is -0.0800. The average molecular weight is 266 g/mol. The molecular weight excluding hydrogens is 232 g/mol. The Morgan fingerprint density at radius 1 is 1.11 bits per heavy atom. The molecule has 1 saturated carbocycles. The Balaban J connectivity index is 2.16. The SMILES string of the molecule is CC(C)C1CN(C2CCCC2(C)C)C(C(C)C)CN1. The summed E-state index contributed by atoms with van der Waals surface area (Å²) in [6, 6.07) is 2.19. The largest absolute Gasteiger partial charge is 0.311 e. The van der Waals surface area contributed by atoms with Crippen molar-refractivity contribution < 1.29 is 0 Å². The van der Waals surface area contributed by atoms with Gasteiger partial charge in [0.15, 0.2) is 0 Å². The van der Waals surface area contributed by atoms with Crippen LogP contribution in [0.15, 0.2) is 0 Å². The topological polar surface area (TPSA) is 15.3 Å². The van der Waals surface area contributed by atoms with Gasteiger partial charge in [0.05, 0.1) is 0 Å². The number of nitrogens with zero attached hydrogens (tertiary/aromatic N) is 1. The molecule has 1 aliphatic heterocycles. The first-order chi connectivity index (χ1) is 8.83. The Bertz CT molecular complexity index is 296. The molecule has 2 rings (SSSR count). The van der Waals surface area contributed by atoms with E-state index in [4.69, 9.17) is 0 Å². The van der Waals surface area contributed by atoms with Crippen LogP contribution in [0.5, 0.6) is 0 Å². The van der Waals surface area contributed by atoms with E-state index in [-0.39, 0.29) is 0 Å². The van der Waals surface area contributed by atoms with Crippen LogP contribution in [-0.4, -0.2) is 36.1 Å². The lowest BCUT2D eigenvalue weighted by molar-refractivity contribution is 0.00896. The molecule has 0 bridgehead atoms. The van der Waals surface area contributed by atoms with Crippen molar-refractivity contribution in [1.29, 1.82) is 0 Å². The predicted molar refractivity (Wildman–Crippen MR) is 83.4 cm³/mol. The van der Waals surface area contributed by atoms with Crippen molar-refractivity contribution in [2.75, 3.05) is 13.1 Å². The molecular formula is C17H34N2. The van der Waals surface area contributed by atoms with Crippen molar-refractivity contribution in [3.05, 3.63) is 0 Å². The summed E-state index contributed by atoms with van der Waals surface area (Å²) in [5.74, 6) is 1.48. The number of rotatable bonds is 3. The summed E-state index contributed by atoms with van der Waals surface area (Å²) in [6.45, 7) is 16.9. The molecule has 0 aromatic rings. The van der Waals surface area contributed by atoms with Crippen LogP contribution in [0.2, 0.25) is 0 Å². The number of hydrogen-bond acceptors (Lipinski definition) is 2. The molecule has 0 spiro atoms. The lowest BCUT2D eigenvalue weighted by Crippen LogP contribution is -2.63. The van der Waals surface area contributed by atoms with Gasteiger partial charge < -0.3 is 5.32 Å². The molecule has 19 heavy (non-hydrogen) atoms. The fraction of sp³-hybridized carbons (Fsp3) is 1.00. The minimum absolute atomic E-state index is 0.506. The van der Waals surface area contributed by atoms with Crippen LogP contribution >= 0.6 is 0 Å². The van der Waals surface area contributed by atoms with Crippen LogP contribution in [0, 0.1) is 17.3 Å². The van der Waals surface area contributed by atoms with Crippen molar-refractivity contribution in [2.24, 2.45) is 17.3 Å². The highest BCUT2D eigenvalue weighted by Crippen LogP contribution is 2.42. The zero-order valence-electron chi connectivity index (χ0n) is 13.9. The third-order valence-electron chi connectivity index (χ3n) is 5.60.